The van der Waals surface area contributed by atoms with Crippen molar-refractivity contribution in [1.82, 2.24) is 0 Å². The lowest BCUT2D eigenvalue weighted by atomic mass is 10.1. The average Bonchev–Trinajstić information content (AvgIpc) is 2.38. The van der Waals surface area contributed by atoms with Crippen LogP contribution in [0.25, 0.3) is 6.08 Å². The molecule has 1 saturated heterocycles. The van der Waals surface area contributed by atoms with Crippen molar-refractivity contribution in [3.8, 4) is 0 Å². The van der Waals surface area contributed by atoms with Crippen LogP contribution in [-0.2, 0) is 9.53 Å². The number of hydrogen-bond donors (Lipinski definition) is 1. The molecular formula is C13H14BrNO3. The minimum atomic E-state index is -0.945. The molecule has 0 saturated carbocycles. The van der Waals surface area contributed by atoms with Gasteiger partial charge in [0.15, 0.2) is 0 Å². The number of carboxylic acid groups (broad SMARTS) is 1. The van der Waals surface area contributed by atoms with E-state index in [9.17, 15) is 4.79 Å². The first kappa shape index (κ1) is 13.1. The first-order valence-electron chi connectivity index (χ1n) is 5.70. The van der Waals surface area contributed by atoms with Crippen LogP contribution in [0.1, 0.15) is 5.56 Å². The maximum Gasteiger partial charge on any atom is 0.328 e. The molecule has 1 heterocycles. The van der Waals surface area contributed by atoms with E-state index >= 15 is 0 Å². The summed E-state index contributed by atoms with van der Waals surface area (Å²) in [5.74, 6) is -0.945. The largest absolute Gasteiger partial charge is 0.478 e. The number of aliphatic carboxylic acids is 1. The minimum Gasteiger partial charge on any atom is -0.478 e. The summed E-state index contributed by atoms with van der Waals surface area (Å²) in [6, 6.07) is 5.92. The molecule has 0 radical (unpaired) electrons. The van der Waals surface area contributed by atoms with Crippen LogP contribution in [0.15, 0.2) is 28.7 Å². The van der Waals surface area contributed by atoms with Gasteiger partial charge in [-0.1, -0.05) is 22.0 Å². The zero-order chi connectivity index (χ0) is 13.0. The van der Waals surface area contributed by atoms with Crippen molar-refractivity contribution in [2.75, 3.05) is 31.2 Å². The quantitative estimate of drug-likeness (QED) is 0.871. The maximum absolute atomic E-state index is 10.5. The molecule has 0 spiro atoms. The lowest BCUT2D eigenvalue weighted by Crippen LogP contribution is -2.36. The first-order valence-corrected chi connectivity index (χ1v) is 6.49. The van der Waals surface area contributed by atoms with Crippen LogP contribution in [0, 0.1) is 0 Å². The van der Waals surface area contributed by atoms with E-state index in [2.05, 4.69) is 20.8 Å². The Morgan fingerprint density at radius 1 is 1.39 bits per heavy atom. The fraction of sp³-hybridized carbons (Fsp3) is 0.308. The number of nitrogens with zero attached hydrogens (tertiary/aromatic N) is 1. The van der Waals surface area contributed by atoms with Gasteiger partial charge in [-0.15, -0.1) is 0 Å². The topological polar surface area (TPSA) is 49.8 Å². The SMILES string of the molecule is O=C(O)/C=C/c1ccc(N2CCOCC2)cc1Br. The Labute approximate surface area is 114 Å². The van der Waals surface area contributed by atoms with E-state index in [1.54, 1.807) is 6.08 Å². The van der Waals surface area contributed by atoms with Crippen molar-refractivity contribution in [3.05, 3.63) is 34.3 Å². The molecule has 1 N–H and O–H groups in total. The fourth-order valence-corrected chi connectivity index (χ4v) is 2.33. The van der Waals surface area contributed by atoms with E-state index in [4.69, 9.17) is 9.84 Å². The number of benzene rings is 1. The van der Waals surface area contributed by atoms with Gasteiger partial charge in [0.05, 0.1) is 13.2 Å². The number of carboxylic acids is 1. The Hall–Kier alpha value is -1.33. The van der Waals surface area contributed by atoms with Crippen LogP contribution in [-0.4, -0.2) is 37.4 Å². The molecule has 1 aromatic rings. The summed E-state index contributed by atoms with van der Waals surface area (Å²) >= 11 is 3.46. The van der Waals surface area contributed by atoms with E-state index < -0.39 is 5.97 Å². The molecule has 1 aliphatic heterocycles. The molecule has 0 aromatic heterocycles. The van der Waals surface area contributed by atoms with Crippen molar-refractivity contribution in [2.24, 2.45) is 0 Å². The predicted octanol–water partition coefficient (Wildman–Crippen LogP) is 2.38. The molecular weight excluding hydrogens is 298 g/mol. The summed E-state index contributed by atoms with van der Waals surface area (Å²) in [6.45, 7) is 3.27. The minimum absolute atomic E-state index is 0.748. The molecule has 18 heavy (non-hydrogen) atoms. The molecule has 96 valence electrons. The van der Waals surface area contributed by atoms with Gasteiger partial charge in [0, 0.05) is 29.3 Å². The van der Waals surface area contributed by atoms with Crippen LogP contribution in [0.2, 0.25) is 0 Å². The van der Waals surface area contributed by atoms with Crippen LogP contribution < -0.4 is 4.90 Å². The highest BCUT2D eigenvalue weighted by Crippen LogP contribution is 2.25. The Morgan fingerprint density at radius 3 is 2.72 bits per heavy atom. The van der Waals surface area contributed by atoms with Crippen LogP contribution >= 0.6 is 15.9 Å². The summed E-state index contributed by atoms with van der Waals surface area (Å²) in [5.41, 5.74) is 1.98. The number of hydrogen-bond acceptors (Lipinski definition) is 3. The second kappa shape index (κ2) is 6.02. The molecule has 0 unspecified atom stereocenters. The fourth-order valence-electron chi connectivity index (χ4n) is 1.83. The third-order valence-corrected chi connectivity index (χ3v) is 3.45. The standard InChI is InChI=1S/C13H14BrNO3/c14-12-9-11(15-5-7-18-8-6-15)3-1-10(12)2-4-13(16)17/h1-4,9H,5-8H2,(H,16,17)/b4-2+. The smallest absolute Gasteiger partial charge is 0.328 e. The van der Waals surface area contributed by atoms with Gasteiger partial charge < -0.3 is 14.7 Å². The van der Waals surface area contributed by atoms with Crippen molar-refractivity contribution >= 4 is 33.7 Å². The van der Waals surface area contributed by atoms with Crippen LogP contribution in [0.5, 0.6) is 0 Å². The van der Waals surface area contributed by atoms with Gasteiger partial charge in [-0.3, -0.25) is 0 Å². The van der Waals surface area contributed by atoms with Gasteiger partial charge in [-0.25, -0.2) is 4.79 Å². The van der Waals surface area contributed by atoms with Gasteiger partial charge in [0.2, 0.25) is 0 Å². The monoisotopic (exact) mass is 311 g/mol. The second-order valence-electron chi connectivity index (χ2n) is 3.98. The number of halogens is 1. The zero-order valence-corrected chi connectivity index (χ0v) is 11.4. The van der Waals surface area contributed by atoms with Crippen molar-refractivity contribution < 1.29 is 14.6 Å². The third-order valence-electron chi connectivity index (χ3n) is 2.77. The Morgan fingerprint density at radius 2 is 2.11 bits per heavy atom. The molecule has 0 aliphatic carbocycles. The number of anilines is 1. The van der Waals surface area contributed by atoms with Gasteiger partial charge in [0.1, 0.15) is 0 Å². The predicted molar refractivity (Wildman–Crippen MR) is 73.8 cm³/mol. The first-order chi connectivity index (χ1) is 8.66. The van der Waals surface area contributed by atoms with Gasteiger partial charge in [-0.2, -0.15) is 0 Å². The van der Waals surface area contributed by atoms with E-state index in [-0.39, 0.29) is 0 Å². The van der Waals surface area contributed by atoms with E-state index in [1.807, 2.05) is 18.2 Å². The Bertz CT molecular complexity index is 467. The van der Waals surface area contributed by atoms with Crippen LogP contribution in [0.4, 0.5) is 5.69 Å². The van der Waals surface area contributed by atoms with Crippen molar-refractivity contribution in [2.45, 2.75) is 0 Å². The Kier molecular flexibility index (Phi) is 4.38. The van der Waals surface area contributed by atoms with Crippen LogP contribution in [0.3, 0.4) is 0 Å². The molecule has 1 aliphatic rings. The molecule has 2 rings (SSSR count). The number of rotatable bonds is 3. The highest BCUT2D eigenvalue weighted by atomic mass is 79.9. The maximum atomic E-state index is 10.5. The normalized spacial score (nSPS) is 16.2. The van der Waals surface area contributed by atoms with Gasteiger partial charge in [-0.05, 0) is 23.8 Å². The lowest BCUT2D eigenvalue weighted by molar-refractivity contribution is -0.131. The van der Waals surface area contributed by atoms with E-state index in [1.165, 1.54) is 0 Å². The summed E-state index contributed by atoms with van der Waals surface area (Å²) in [4.78, 5) is 12.7. The highest BCUT2D eigenvalue weighted by Gasteiger charge is 2.11. The number of carbonyl (C=O) groups is 1. The average molecular weight is 312 g/mol. The number of ether oxygens (including phenoxy) is 1. The van der Waals surface area contributed by atoms with Gasteiger partial charge >= 0.3 is 5.97 Å². The zero-order valence-electron chi connectivity index (χ0n) is 9.80. The van der Waals surface area contributed by atoms with Crippen molar-refractivity contribution in [3.63, 3.8) is 0 Å². The molecule has 5 heteroatoms. The lowest BCUT2D eigenvalue weighted by Gasteiger charge is -2.29. The molecule has 1 aromatic carbocycles. The molecule has 0 amide bonds. The van der Waals surface area contributed by atoms with Gasteiger partial charge in [0.25, 0.3) is 0 Å². The third kappa shape index (κ3) is 3.34. The summed E-state index contributed by atoms with van der Waals surface area (Å²) in [7, 11) is 0. The molecule has 0 atom stereocenters. The van der Waals surface area contributed by atoms with E-state index in [0.717, 1.165) is 48.1 Å². The number of morpholine rings is 1. The molecule has 4 nitrogen and oxygen atoms in total. The molecule has 0 bridgehead atoms. The van der Waals surface area contributed by atoms with Crippen molar-refractivity contribution in [1.29, 1.82) is 0 Å². The van der Waals surface area contributed by atoms with E-state index in [0.29, 0.717) is 0 Å². The summed E-state index contributed by atoms with van der Waals surface area (Å²) in [6.07, 6.45) is 2.71. The summed E-state index contributed by atoms with van der Waals surface area (Å²) in [5, 5.41) is 8.60. The highest BCUT2D eigenvalue weighted by molar-refractivity contribution is 9.10. The molecule has 1 fully saturated rings. The Balaban J connectivity index is 2.16. The summed E-state index contributed by atoms with van der Waals surface area (Å²) < 4.78 is 6.20. The second-order valence-corrected chi connectivity index (χ2v) is 4.83.